The number of aryl methyl sites for hydroxylation is 1. The van der Waals surface area contributed by atoms with E-state index in [0.29, 0.717) is 35.6 Å². The van der Waals surface area contributed by atoms with Gasteiger partial charge in [0.25, 0.3) is 0 Å². The Morgan fingerprint density at radius 3 is 2.35 bits per heavy atom. The van der Waals surface area contributed by atoms with Crippen molar-refractivity contribution in [2.75, 3.05) is 6.26 Å². The summed E-state index contributed by atoms with van der Waals surface area (Å²) >= 11 is 0. The maximum atomic E-state index is 13.3. The second kappa shape index (κ2) is 8.42. The average molecular weight is 477 g/mol. The molecular weight excluding hydrogens is 455 g/mol. The second-order valence-electron chi connectivity index (χ2n) is 8.06. The third-order valence-corrected chi connectivity index (χ3v) is 6.80. The van der Waals surface area contributed by atoms with Gasteiger partial charge >= 0.3 is 0 Å². The van der Waals surface area contributed by atoms with E-state index >= 15 is 0 Å². The van der Waals surface area contributed by atoms with Crippen molar-refractivity contribution in [3.05, 3.63) is 89.7 Å². The van der Waals surface area contributed by atoms with Gasteiger partial charge in [0.05, 0.1) is 15.9 Å². The van der Waals surface area contributed by atoms with Gasteiger partial charge in [0, 0.05) is 17.4 Å². The average Bonchev–Trinajstić information content (AvgIpc) is 3.39. The first-order valence-corrected chi connectivity index (χ1v) is 12.5. The molecule has 0 saturated carbocycles. The van der Waals surface area contributed by atoms with Crippen LogP contribution in [0, 0.1) is 5.82 Å². The van der Waals surface area contributed by atoms with Crippen LogP contribution in [0.5, 0.6) is 5.88 Å². The van der Waals surface area contributed by atoms with Crippen molar-refractivity contribution in [1.29, 1.82) is 0 Å². The number of para-hydroxylation sites is 2. The number of H-pyrrole nitrogens is 1. The van der Waals surface area contributed by atoms with Crippen LogP contribution >= 0.6 is 0 Å². The summed E-state index contributed by atoms with van der Waals surface area (Å²) in [7, 11) is -3.34. The predicted octanol–water partition coefficient (Wildman–Crippen LogP) is 4.45. The Bertz CT molecular complexity index is 1560. The van der Waals surface area contributed by atoms with Crippen molar-refractivity contribution in [3.8, 4) is 23.1 Å². The molecule has 34 heavy (non-hydrogen) atoms. The van der Waals surface area contributed by atoms with Gasteiger partial charge in [-0.05, 0) is 54.8 Å². The molecule has 172 valence electrons. The van der Waals surface area contributed by atoms with Gasteiger partial charge in [0.15, 0.2) is 9.84 Å². The number of nitrogens with zero attached hydrogens (tertiary/aromatic N) is 3. The summed E-state index contributed by atoms with van der Waals surface area (Å²) in [6, 6.07) is 20.1. The molecule has 2 aromatic heterocycles. The number of fused-ring (bicyclic) bond motifs is 1. The number of halogens is 1. The molecule has 0 fully saturated rings. The maximum absolute atomic E-state index is 13.3. The number of benzene rings is 3. The van der Waals surface area contributed by atoms with E-state index in [1.165, 1.54) is 28.9 Å². The van der Waals surface area contributed by atoms with Gasteiger partial charge < -0.3 is 10.1 Å². The summed E-state index contributed by atoms with van der Waals surface area (Å²) in [5, 5.41) is 15.8. The fraction of sp³-hybridized carbons (Fsp3) is 0.120. The highest BCUT2D eigenvalue weighted by Gasteiger charge is 2.22. The molecule has 5 rings (SSSR count). The molecule has 0 atom stereocenters. The Hall–Kier alpha value is -3.98. The number of rotatable bonds is 6. The van der Waals surface area contributed by atoms with Gasteiger partial charge in [-0.1, -0.05) is 36.4 Å². The number of hydrogen-bond acceptors (Lipinski definition) is 5. The molecule has 0 saturated heterocycles. The van der Waals surface area contributed by atoms with Gasteiger partial charge in [-0.25, -0.2) is 17.8 Å². The third-order valence-electron chi connectivity index (χ3n) is 5.67. The minimum Gasteiger partial charge on any atom is -0.493 e. The molecule has 0 amide bonds. The summed E-state index contributed by atoms with van der Waals surface area (Å²) in [5.74, 6) is -0.0138. The summed E-state index contributed by atoms with van der Waals surface area (Å²) in [4.78, 5) is 7.89. The lowest BCUT2D eigenvalue weighted by Crippen LogP contribution is -1.99. The SMILES string of the molecule is CS(=O)(=O)c1ccc(-c2nn(-c3nc4ccccc4[nH]3)c(O)c2CCc2ccc(F)cc2)cc1. The summed E-state index contributed by atoms with van der Waals surface area (Å²) < 4.78 is 38.4. The van der Waals surface area contributed by atoms with Crippen molar-refractivity contribution in [2.45, 2.75) is 17.7 Å². The van der Waals surface area contributed by atoms with E-state index in [2.05, 4.69) is 15.1 Å². The van der Waals surface area contributed by atoms with Crippen molar-refractivity contribution in [1.82, 2.24) is 19.7 Å². The molecule has 0 aliphatic heterocycles. The summed E-state index contributed by atoms with van der Waals surface area (Å²) in [6.07, 6.45) is 2.13. The smallest absolute Gasteiger partial charge is 0.232 e. The Labute approximate surface area is 195 Å². The van der Waals surface area contributed by atoms with Gasteiger partial charge in [-0.3, -0.25) is 0 Å². The Balaban J connectivity index is 1.59. The van der Waals surface area contributed by atoms with Crippen LogP contribution in [-0.4, -0.2) is 39.5 Å². The highest BCUT2D eigenvalue weighted by molar-refractivity contribution is 7.90. The highest BCUT2D eigenvalue weighted by Crippen LogP contribution is 2.33. The molecule has 0 radical (unpaired) electrons. The second-order valence-corrected chi connectivity index (χ2v) is 10.1. The van der Waals surface area contributed by atoms with Crippen LogP contribution in [0.25, 0.3) is 28.2 Å². The van der Waals surface area contributed by atoms with Crippen LogP contribution in [0.15, 0.2) is 77.7 Å². The first-order chi connectivity index (χ1) is 16.3. The minimum atomic E-state index is -3.34. The minimum absolute atomic E-state index is 0.0663. The molecule has 0 aliphatic rings. The van der Waals surface area contributed by atoms with Crippen LogP contribution in [-0.2, 0) is 22.7 Å². The largest absolute Gasteiger partial charge is 0.493 e. The normalized spacial score (nSPS) is 11.8. The zero-order chi connectivity index (χ0) is 23.9. The van der Waals surface area contributed by atoms with Gasteiger partial charge in [-0.2, -0.15) is 9.78 Å². The van der Waals surface area contributed by atoms with Crippen molar-refractivity contribution < 1.29 is 17.9 Å². The number of imidazole rings is 1. The quantitative estimate of drug-likeness (QED) is 0.377. The van der Waals surface area contributed by atoms with Crippen LogP contribution in [0.3, 0.4) is 0 Å². The summed E-state index contributed by atoms with van der Waals surface area (Å²) in [6.45, 7) is 0. The van der Waals surface area contributed by atoms with E-state index < -0.39 is 9.84 Å². The molecule has 0 unspecified atom stereocenters. The third kappa shape index (κ3) is 4.17. The van der Waals surface area contributed by atoms with Gasteiger partial charge in [0.2, 0.25) is 11.8 Å². The van der Waals surface area contributed by atoms with E-state index in [-0.39, 0.29) is 16.6 Å². The topological polar surface area (TPSA) is 101 Å². The van der Waals surface area contributed by atoms with Crippen LogP contribution in [0.2, 0.25) is 0 Å². The number of nitrogens with one attached hydrogen (secondary N) is 1. The maximum Gasteiger partial charge on any atom is 0.232 e. The molecule has 2 N–H and O–H groups in total. The van der Waals surface area contributed by atoms with Crippen LogP contribution < -0.4 is 0 Å². The fourth-order valence-corrected chi connectivity index (χ4v) is 4.50. The Morgan fingerprint density at radius 2 is 1.68 bits per heavy atom. The lowest BCUT2D eigenvalue weighted by Gasteiger charge is -2.05. The molecule has 0 aliphatic carbocycles. The zero-order valence-corrected chi connectivity index (χ0v) is 19.1. The number of hydrogen-bond donors (Lipinski definition) is 2. The monoisotopic (exact) mass is 476 g/mol. The highest BCUT2D eigenvalue weighted by atomic mass is 32.2. The van der Waals surface area contributed by atoms with E-state index in [1.807, 2.05) is 24.3 Å². The van der Waals surface area contributed by atoms with E-state index in [1.54, 1.807) is 24.3 Å². The van der Waals surface area contributed by atoms with Crippen LogP contribution in [0.1, 0.15) is 11.1 Å². The zero-order valence-electron chi connectivity index (χ0n) is 18.2. The molecule has 0 spiro atoms. The number of aromatic nitrogens is 4. The Kier molecular flexibility index (Phi) is 5.41. The van der Waals surface area contributed by atoms with Gasteiger partial charge in [-0.15, -0.1) is 0 Å². The fourth-order valence-electron chi connectivity index (χ4n) is 3.87. The predicted molar refractivity (Wildman–Crippen MR) is 127 cm³/mol. The number of aromatic amines is 1. The van der Waals surface area contributed by atoms with Crippen molar-refractivity contribution >= 4 is 20.9 Å². The van der Waals surface area contributed by atoms with Crippen molar-refractivity contribution in [3.63, 3.8) is 0 Å². The number of sulfone groups is 1. The lowest BCUT2D eigenvalue weighted by molar-refractivity contribution is 0.425. The molecule has 9 heteroatoms. The van der Waals surface area contributed by atoms with E-state index in [9.17, 15) is 17.9 Å². The molecule has 3 aromatic carbocycles. The van der Waals surface area contributed by atoms with E-state index in [0.717, 1.165) is 22.9 Å². The first kappa shape index (κ1) is 21.8. The Morgan fingerprint density at radius 1 is 0.971 bits per heavy atom. The van der Waals surface area contributed by atoms with Crippen molar-refractivity contribution in [2.24, 2.45) is 0 Å². The van der Waals surface area contributed by atoms with E-state index in [4.69, 9.17) is 0 Å². The van der Waals surface area contributed by atoms with Crippen LogP contribution in [0.4, 0.5) is 4.39 Å². The van der Waals surface area contributed by atoms with Gasteiger partial charge in [0.1, 0.15) is 11.5 Å². The molecular formula is C25H21FN4O3S. The lowest BCUT2D eigenvalue weighted by atomic mass is 10.0. The molecule has 0 bridgehead atoms. The standard InChI is InChI=1S/C25H21FN4O3S/c1-34(32,33)19-13-9-17(10-14-19)23-20(15-8-16-6-11-18(26)12-7-16)24(31)30(29-23)25-27-21-4-2-3-5-22(21)28-25/h2-7,9-14,31H,8,15H2,1H3,(H,27,28). The summed E-state index contributed by atoms with van der Waals surface area (Å²) in [5.41, 5.74) is 4.21. The number of aromatic hydroxyl groups is 1. The molecule has 2 heterocycles. The first-order valence-electron chi connectivity index (χ1n) is 10.6. The molecule has 5 aromatic rings. The molecule has 7 nitrogen and oxygen atoms in total.